The normalized spacial score (nSPS) is 24.7. The van der Waals surface area contributed by atoms with Crippen molar-refractivity contribution in [1.82, 2.24) is 4.72 Å². The van der Waals surface area contributed by atoms with Gasteiger partial charge in [0, 0.05) is 5.56 Å². The van der Waals surface area contributed by atoms with Gasteiger partial charge in [-0.1, -0.05) is 44.2 Å². The van der Waals surface area contributed by atoms with Crippen LogP contribution < -0.4 is 4.72 Å². The lowest BCUT2D eigenvalue weighted by Crippen LogP contribution is -2.24. The molecule has 20 heavy (non-hydrogen) atoms. The maximum absolute atomic E-state index is 12.0. The van der Waals surface area contributed by atoms with Gasteiger partial charge in [0.05, 0.1) is 10.9 Å². The van der Waals surface area contributed by atoms with Crippen molar-refractivity contribution in [1.29, 1.82) is 0 Å². The average molecular weight is 292 g/mol. The SMILES string of the molecule is O=S1(=O)NC(=NC2CCCCCCC2)c2ccccc21. The highest BCUT2D eigenvalue weighted by Crippen LogP contribution is 2.25. The van der Waals surface area contributed by atoms with Crippen LogP contribution in [0.15, 0.2) is 34.2 Å². The summed E-state index contributed by atoms with van der Waals surface area (Å²) in [6.45, 7) is 0. The Labute approximate surface area is 120 Å². The second-order valence-corrected chi connectivity index (χ2v) is 7.23. The number of rotatable bonds is 1. The van der Waals surface area contributed by atoms with Gasteiger partial charge in [0.2, 0.25) is 0 Å². The number of nitrogens with one attached hydrogen (secondary N) is 1. The largest absolute Gasteiger partial charge is 0.264 e. The van der Waals surface area contributed by atoms with Crippen LogP contribution in [0, 0.1) is 0 Å². The van der Waals surface area contributed by atoms with E-state index in [0.29, 0.717) is 10.7 Å². The first kappa shape index (κ1) is 13.6. The molecular formula is C15H20N2O2S. The van der Waals surface area contributed by atoms with E-state index in [4.69, 9.17) is 4.99 Å². The van der Waals surface area contributed by atoms with E-state index >= 15 is 0 Å². The predicted molar refractivity (Wildman–Crippen MR) is 79.4 cm³/mol. The molecule has 4 nitrogen and oxygen atoms in total. The van der Waals surface area contributed by atoms with Crippen LogP contribution in [0.5, 0.6) is 0 Å². The smallest absolute Gasteiger partial charge is 0.263 e. The van der Waals surface area contributed by atoms with E-state index in [0.717, 1.165) is 18.4 Å². The van der Waals surface area contributed by atoms with Gasteiger partial charge in [0.25, 0.3) is 10.0 Å². The van der Waals surface area contributed by atoms with E-state index in [-0.39, 0.29) is 6.04 Å². The van der Waals surface area contributed by atoms with Crippen LogP contribution in [0.25, 0.3) is 0 Å². The molecule has 1 aromatic rings. The van der Waals surface area contributed by atoms with Gasteiger partial charge in [-0.25, -0.2) is 8.42 Å². The Balaban J connectivity index is 1.89. The average Bonchev–Trinajstić information content (AvgIpc) is 2.65. The number of benzene rings is 1. The molecule has 2 aliphatic rings. The molecule has 1 N–H and O–H groups in total. The quantitative estimate of drug-likeness (QED) is 0.865. The van der Waals surface area contributed by atoms with Crippen molar-refractivity contribution in [3.63, 3.8) is 0 Å². The second-order valence-electron chi connectivity index (χ2n) is 5.58. The van der Waals surface area contributed by atoms with Crippen molar-refractivity contribution in [2.75, 3.05) is 0 Å². The topological polar surface area (TPSA) is 58.5 Å². The molecule has 0 atom stereocenters. The van der Waals surface area contributed by atoms with Crippen molar-refractivity contribution in [3.8, 4) is 0 Å². The Morgan fingerprint density at radius 3 is 2.40 bits per heavy atom. The van der Waals surface area contributed by atoms with Crippen LogP contribution in [0.2, 0.25) is 0 Å². The third-order valence-corrected chi connectivity index (χ3v) is 5.45. The van der Waals surface area contributed by atoms with Gasteiger partial charge >= 0.3 is 0 Å². The molecule has 1 fully saturated rings. The van der Waals surface area contributed by atoms with E-state index in [9.17, 15) is 8.42 Å². The van der Waals surface area contributed by atoms with Gasteiger partial charge < -0.3 is 0 Å². The Morgan fingerprint density at radius 2 is 1.65 bits per heavy atom. The molecule has 0 bridgehead atoms. The van der Waals surface area contributed by atoms with Crippen LogP contribution in [0.3, 0.4) is 0 Å². The summed E-state index contributed by atoms with van der Waals surface area (Å²) in [5, 5.41) is 0. The summed E-state index contributed by atoms with van der Waals surface area (Å²) < 4.78 is 26.7. The van der Waals surface area contributed by atoms with E-state index in [2.05, 4.69) is 4.72 Å². The monoisotopic (exact) mass is 292 g/mol. The molecule has 1 heterocycles. The number of nitrogens with zero attached hydrogens (tertiary/aromatic N) is 1. The molecule has 1 saturated carbocycles. The number of aliphatic imine (C=N–C) groups is 1. The van der Waals surface area contributed by atoms with Gasteiger partial charge in [0.15, 0.2) is 0 Å². The first-order valence-corrected chi connectivity index (χ1v) is 8.85. The molecule has 0 aromatic heterocycles. The van der Waals surface area contributed by atoms with Crippen LogP contribution in [0.1, 0.15) is 50.5 Å². The first-order valence-electron chi connectivity index (χ1n) is 7.37. The van der Waals surface area contributed by atoms with Crippen molar-refractivity contribution in [3.05, 3.63) is 29.8 Å². The zero-order valence-electron chi connectivity index (χ0n) is 11.5. The van der Waals surface area contributed by atoms with Gasteiger partial charge in [-0.3, -0.25) is 9.71 Å². The Morgan fingerprint density at radius 1 is 1.00 bits per heavy atom. The number of sulfonamides is 1. The molecule has 0 spiro atoms. The zero-order valence-corrected chi connectivity index (χ0v) is 12.3. The summed E-state index contributed by atoms with van der Waals surface area (Å²) in [6, 6.07) is 7.32. The highest BCUT2D eigenvalue weighted by Gasteiger charge is 2.30. The van der Waals surface area contributed by atoms with E-state index in [1.54, 1.807) is 12.1 Å². The van der Waals surface area contributed by atoms with E-state index in [1.165, 1.54) is 32.1 Å². The minimum absolute atomic E-state index is 0.249. The molecule has 108 valence electrons. The molecule has 0 unspecified atom stereocenters. The molecule has 1 aliphatic carbocycles. The van der Waals surface area contributed by atoms with Crippen LogP contribution in [0.4, 0.5) is 0 Å². The van der Waals surface area contributed by atoms with Crippen molar-refractivity contribution in [2.24, 2.45) is 4.99 Å². The van der Waals surface area contributed by atoms with Gasteiger partial charge in [-0.05, 0) is 25.0 Å². The zero-order chi connectivity index (χ0) is 14.0. The summed E-state index contributed by atoms with van der Waals surface area (Å²) >= 11 is 0. The Kier molecular flexibility index (Phi) is 3.78. The molecule has 1 aromatic carbocycles. The molecule has 0 radical (unpaired) electrons. The van der Waals surface area contributed by atoms with E-state index in [1.807, 2.05) is 12.1 Å². The summed E-state index contributed by atoms with van der Waals surface area (Å²) in [7, 11) is -3.40. The maximum Gasteiger partial charge on any atom is 0.263 e. The molecular weight excluding hydrogens is 272 g/mol. The molecule has 0 amide bonds. The fraction of sp³-hybridized carbons (Fsp3) is 0.533. The van der Waals surface area contributed by atoms with Crippen LogP contribution in [-0.2, 0) is 10.0 Å². The number of hydrogen-bond acceptors (Lipinski definition) is 3. The number of amidine groups is 1. The predicted octanol–water partition coefficient (Wildman–Crippen LogP) is 2.84. The standard InChI is InChI=1S/C15H20N2O2S/c18-20(19)14-11-7-6-10-13(14)15(17-20)16-12-8-4-2-1-3-5-9-12/h6-7,10-12H,1-5,8-9H2,(H,16,17). The van der Waals surface area contributed by atoms with Crippen molar-refractivity contribution < 1.29 is 8.42 Å². The summed E-state index contributed by atoms with van der Waals surface area (Å²) in [4.78, 5) is 5.05. The summed E-state index contributed by atoms with van der Waals surface area (Å²) in [5.74, 6) is 0.533. The fourth-order valence-corrected chi connectivity index (χ4v) is 4.22. The Bertz CT molecular complexity index is 615. The van der Waals surface area contributed by atoms with Crippen molar-refractivity contribution >= 4 is 15.9 Å². The maximum atomic E-state index is 12.0. The lowest BCUT2D eigenvalue weighted by molar-refractivity contribution is 0.455. The molecule has 3 rings (SSSR count). The van der Waals surface area contributed by atoms with Gasteiger partial charge in [-0.2, -0.15) is 0 Å². The summed E-state index contributed by atoms with van der Waals surface area (Å²) in [5.41, 5.74) is 0.717. The molecule has 1 aliphatic heterocycles. The number of fused-ring (bicyclic) bond motifs is 1. The number of hydrogen-bond donors (Lipinski definition) is 1. The minimum Gasteiger partial charge on any atom is -0.264 e. The second kappa shape index (κ2) is 5.56. The van der Waals surface area contributed by atoms with Crippen molar-refractivity contribution in [2.45, 2.75) is 55.9 Å². The lowest BCUT2D eigenvalue weighted by atomic mass is 9.97. The summed E-state index contributed by atoms with van der Waals surface area (Å²) in [6.07, 6.45) is 8.36. The van der Waals surface area contributed by atoms with Gasteiger partial charge in [-0.15, -0.1) is 0 Å². The van der Waals surface area contributed by atoms with Crippen LogP contribution >= 0.6 is 0 Å². The highest BCUT2D eigenvalue weighted by atomic mass is 32.2. The fourth-order valence-electron chi connectivity index (χ4n) is 2.98. The first-order chi connectivity index (χ1) is 9.67. The lowest BCUT2D eigenvalue weighted by Gasteiger charge is -2.16. The molecule has 5 heteroatoms. The highest BCUT2D eigenvalue weighted by molar-refractivity contribution is 7.90. The Hall–Kier alpha value is -1.36. The third kappa shape index (κ3) is 2.73. The minimum atomic E-state index is -3.40. The molecule has 0 saturated heterocycles. The van der Waals surface area contributed by atoms with Crippen LogP contribution in [-0.4, -0.2) is 20.3 Å². The van der Waals surface area contributed by atoms with Gasteiger partial charge in [0.1, 0.15) is 5.84 Å². The third-order valence-electron chi connectivity index (χ3n) is 4.05. The van der Waals surface area contributed by atoms with E-state index < -0.39 is 10.0 Å².